The lowest BCUT2D eigenvalue weighted by molar-refractivity contribution is -0.117. The van der Waals surface area contributed by atoms with Crippen molar-refractivity contribution in [3.63, 3.8) is 0 Å². The molecule has 76 valence electrons. The van der Waals surface area contributed by atoms with Crippen LogP contribution < -0.4 is 5.32 Å². The van der Waals surface area contributed by atoms with Gasteiger partial charge in [-0.15, -0.1) is 0 Å². The highest BCUT2D eigenvalue weighted by Crippen LogP contribution is 2.00. The number of carbonyl (C=O) groups is 1. The van der Waals surface area contributed by atoms with Crippen LogP contribution in [0.25, 0.3) is 0 Å². The Morgan fingerprint density at radius 1 is 1.31 bits per heavy atom. The van der Waals surface area contributed by atoms with Gasteiger partial charge < -0.3 is 5.32 Å². The van der Waals surface area contributed by atoms with Gasteiger partial charge in [-0.2, -0.15) is 0 Å². The van der Waals surface area contributed by atoms with Crippen molar-refractivity contribution in [2.45, 2.75) is 46.5 Å². The quantitative estimate of drug-likeness (QED) is 0.498. The molecule has 0 spiro atoms. The van der Waals surface area contributed by atoms with E-state index in [1.807, 2.05) is 13.0 Å². The number of carbonyl (C=O) groups excluding carboxylic acids is 1. The fourth-order valence-corrected chi connectivity index (χ4v) is 0.993. The van der Waals surface area contributed by atoms with Crippen LogP contribution in [0, 0.1) is 0 Å². The topological polar surface area (TPSA) is 29.1 Å². The normalized spacial score (nSPS) is 11.5. The average Bonchev–Trinajstić information content (AvgIpc) is 2.14. The minimum absolute atomic E-state index is 0.0814. The third-order valence-electron chi connectivity index (χ3n) is 1.90. The molecule has 0 atom stereocenters. The fraction of sp³-hybridized carbons (Fsp3) is 0.727. The van der Waals surface area contributed by atoms with Gasteiger partial charge in [0.25, 0.3) is 0 Å². The molecule has 0 radical (unpaired) electrons. The molecule has 2 heteroatoms. The van der Waals surface area contributed by atoms with Crippen molar-refractivity contribution >= 4 is 5.91 Å². The first-order valence-corrected chi connectivity index (χ1v) is 5.17. The Morgan fingerprint density at radius 2 is 2.00 bits per heavy atom. The van der Waals surface area contributed by atoms with Gasteiger partial charge >= 0.3 is 0 Å². The first-order valence-electron chi connectivity index (χ1n) is 5.17. The second-order valence-electron chi connectivity index (χ2n) is 3.29. The van der Waals surface area contributed by atoms with Gasteiger partial charge in [0.1, 0.15) is 0 Å². The van der Waals surface area contributed by atoms with Gasteiger partial charge in [-0.05, 0) is 19.8 Å². The van der Waals surface area contributed by atoms with Gasteiger partial charge in [-0.25, -0.2) is 0 Å². The lowest BCUT2D eigenvalue weighted by atomic mass is 10.2. The van der Waals surface area contributed by atoms with Crippen molar-refractivity contribution < 1.29 is 4.79 Å². The Balaban J connectivity index is 3.72. The van der Waals surface area contributed by atoms with E-state index in [0.29, 0.717) is 0 Å². The standard InChI is InChI=1S/C11H21NO/c1-4-6-7-8-10(3)11(13)12-9-5-2/h8H,4-7,9H2,1-3H3,(H,12,13). The Labute approximate surface area is 81.4 Å². The average molecular weight is 183 g/mol. The molecule has 0 aliphatic heterocycles. The maximum atomic E-state index is 11.3. The fourth-order valence-electron chi connectivity index (χ4n) is 0.993. The number of amides is 1. The molecule has 13 heavy (non-hydrogen) atoms. The zero-order valence-corrected chi connectivity index (χ0v) is 9.02. The summed E-state index contributed by atoms with van der Waals surface area (Å²) in [7, 11) is 0. The highest BCUT2D eigenvalue weighted by atomic mass is 16.1. The molecule has 1 N–H and O–H groups in total. The number of hydrogen-bond donors (Lipinski definition) is 1. The van der Waals surface area contributed by atoms with E-state index in [4.69, 9.17) is 0 Å². The van der Waals surface area contributed by atoms with Crippen LogP contribution in [-0.4, -0.2) is 12.5 Å². The minimum atomic E-state index is 0.0814. The molecular formula is C11H21NO. The Kier molecular flexibility index (Phi) is 7.36. The number of rotatable bonds is 6. The number of hydrogen-bond acceptors (Lipinski definition) is 1. The van der Waals surface area contributed by atoms with E-state index in [2.05, 4.69) is 19.2 Å². The summed E-state index contributed by atoms with van der Waals surface area (Å²) in [5, 5.41) is 2.85. The molecule has 0 saturated carbocycles. The first kappa shape index (κ1) is 12.2. The van der Waals surface area contributed by atoms with E-state index in [-0.39, 0.29) is 5.91 Å². The summed E-state index contributed by atoms with van der Waals surface area (Å²) in [4.78, 5) is 11.3. The van der Waals surface area contributed by atoms with Gasteiger partial charge in [0, 0.05) is 12.1 Å². The highest BCUT2D eigenvalue weighted by Gasteiger charge is 2.00. The molecule has 0 aromatic carbocycles. The Bertz CT molecular complexity index is 173. The summed E-state index contributed by atoms with van der Waals surface area (Å²) < 4.78 is 0. The maximum absolute atomic E-state index is 11.3. The zero-order chi connectivity index (χ0) is 10.1. The third kappa shape index (κ3) is 6.38. The molecule has 0 saturated heterocycles. The van der Waals surface area contributed by atoms with Crippen LogP contribution in [-0.2, 0) is 4.79 Å². The van der Waals surface area contributed by atoms with Crippen LogP contribution in [0.3, 0.4) is 0 Å². The van der Waals surface area contributed by atoms with Crippen LogP contribution >= 0.6 is 0 Å². The molecule has 0 bridgehead atoms. The molecule has 0 unspecified atom stereocenters. The largest absolute Gasteiger partial charge is 0.352 e. The van der Waals surface area contributed by atoms with Gasteiger partial charge in [0.15, 0.2) is 0 Å². The Morgan fingerprint density at radius 3 is 2.54 bits per heavy atom. The number of unbranched alkanes of at least 4 members (excludes halogenated alkanes) is 2. The number of allylic oxidation sites excluding steroid dienone is 1. The van der Waals surface area contributed by atoms with E-state index in [9.17, 15) is 4.79 Å². The molecule has 0 fully saturated rings. The van der Waals surface area contributed by atoms with Crippen LogP contribution in [0.2, 0.25) is 0 Å². The predicted octanol–water partition coefficient (Wildman–Crippen LogP) is 2.65. The Hall–Kier alpha value is -0.790. The van der Waals surface area contributed by atoms with Crippen LogP contribution in [0.1, 0.15) is 46.5 Å². The molecule has 0 aliphatic rings. The monoisotopic (exact) mass is 183 g/mol. The van der Waals surface area contributed by atoms with Gasteiger partial charge in [0.2, 0.25) is 5.91 Å². The van der Waals surface area contributed by atoms with Crippen molar-refractivity contribution in [1.82, 2.24) is 5.32 Å². The third-order valence-corrected chi connectivity index (χ3v) is 1.90. The van der Waals surface area contributed by atoms with Gasteiger partial charge in [-0.1, -0.05) is 32.8 Å². The highest BCUT2D eigenvalue weighted by molar-refractivity contribution is 5.92. The zero-order valence-electron chi connectivity index (χ0n) is 9.02. The molecule has 0 aliphatic carbocycles. The maximum Gasteiger partial charge on any atom is 0.246 e. The summed E-state index contributed by atoms with van der Waals surface area (Å²) >= 11 is 0. The number of nitrogens with one attached hydrogen (secondary N) is 1. The molecule has 1 amide bonds. The van der Waals surface area contributed by atoms with Gasteiger partial charge in [-0.3, -0.25) is 4.79 Å². The second-order valence-corrected chi connectivity index (χ2v) is 3.29. The van der Waals surface area contributed by atoms with Crippen molar-refractivity contribution in [2.75, 3.05) is 6.54 Å². The van der Waals surface area contributed by atoms with Gasteiger partial charge in [0.05, 0.1) is 0 Å². The summed E-state index contributed by atoms with van der Waals surface area (Å²) in [5.41, 5.74) is 0.849. The van der Waals surface area contributed by atoms with Crippen LogP contribution in [0.4, 0.5) is 0 Å². The van der Waals surface area contributed by atoms with E-state index in [1.165, 1.54) is 12.8 Å². The second kappa shape index (κ2) is 7.84. The first-order chi connectivity index (χ1) is 6.22. The minimum Gasteiger partial charge on any atom is -0.352 e. The SMILES string of the molecule is CCCCC=C(C)C(=O)NCCC. The van der Waals surface area contributed by atoms with Crippen molar-refractivity contribution in [1.29, 1.82) is 0 Å². The molecule has 2 nitrogen and oxygen atoms in total. The van der Waals surface area contributed by atoms with E-state index < -0.39 is 0 Å². The molecular weight excluding hydrogens is 162 g/mol. The molecule has 0 aromatic rings. The lowest BCUT2D eigenvalue weighted by Crippen LogP contribution is -2.24. The molecule has 0 rings (SSSR count). The summed E-state index contributed by atoms with van der Waals surface area (Å²) in [6, 6.07) is 0. The summed E-state index contributed by atoms with van der Waals surface area (Å²) in [5.74, 6) is 0.0814. The molecule has 0 aromatic heterocycles. The van der Waals surface area contributed by atoms with Crippen molar-refractivity contribution in [2.24, 2.45) is 0 Å². The van der Waals surface area contributed by atoms with Crippen molar-refractivity contribution in [3.05, 3.63) is 11.6 Å². The van der Waals surface area contributed by atoms with Crippen molar-refractivity contribution in [3.8, 4) is 0 Å². The summed E-state index contributed by atoms with van der Waals surface area (Å²) in [6.45, 7) is 6.86. The molecule has 0 heterocycles. The van der Waals surface area contributed by atoms with Crippen LogP contribution in [0.15, 0.2) is 11.6 Å². The summed E-state index contributed by atoms with van der Waals surface area (Å²) in [6.07, 6.45) is 6.38. The van der Waals surface area contributed by atoms with E-state index in [0.717, 1.165) is 25.0 Å². The smallest absolute Gasteiger partial charge is 0.246 e. The van der Waals surface area contributed by atoms with Crippen LogP contribution in [0.5, 0.6) is 0 Å². The predicted molar refractivity (Wildman–Crippen MR) is 56.6 cm³/mol. The van der Waals surface area contributed by atoms with E-state index in [1.54, 1.807) is 0 Å². The van der Waals surface area contributed by atoms with E-state index >= 15 is 0 Å². The lowest BCUT2D eigenvalue weighted by Gasteiger charge is -2.02.